The van der Waals surface area contributed by atoms with Crippen molar-refractivity contribution in [3.05, 3.63) is 34.6 Å². The van der Waals surface area contributed by atoms with Crippen LogP contribution in [0.5, 0.6) is 0 Å². The SMILES string of the molecule is CCNC(C)CC(C)Cc1ccc(F)cc1Cl. The zero-order valence-electron chi connectivity index (χ0n) is 10.8. The van der Waals surface area contributed by atoms with Gasteiger partial charge in [0.2, 0.25) is 0 Å². The van der Waals surface area contributed by atoms with E-state index in [1.807, 2.05) is 0 Å². The van der Waals surface area contributed by atoms with E-state index in [2.05, 4.69) is 26.1 Å². The molecular weight excluding hydrogens is 237 g/mol. The van der Waals surface area contributed by atoms with Crippen LogP contribution in [0, 0.1) is 11.7 Å². The number of hydrogen-bond donors (Lipinski definition) is 1. The lowest BCUT2D eigenvalue weighted by Gasteiger charge is -2.18. The monoisotopic (exact) mass is 257 g/mol. The number of hydrogen-bond acceptors (Lipinski definition) is 1. The van der Waals surface area contributed by atoms with Gasteiger partial charge in [0.15, 0.2) is 0 Å². The van der Waals surface area contributed by atoms with Crippen molar-refractivity contribution >= 4 is 11.6 Å². The second kappa shape index (κ2) is 6.97. The van der Waals surface area contributed by atoms with E-state index in [9.17, 15) is 4.39 Å². The topological polar surface area (TPSA) is 12.0 Å². The average molecular weight is 258 g/mol. The van der Waals surface area contributed by atoms with Gasteiger partial charge in [-0.2, -0.15) is 0 Å². The number of benzene rings is 1. The summed E-state index contributed by atoms with van der Waals surface area (Å²) >= 11 is 6.02. The Hall–Kier alpha value is -0.600. The standard InChI is InChI=1S/C14H21ClFN/c1-4-17-11(3)7-10(2)8-12-5-6-13(16)9-14(12)15/h5-6,9-11,17H,4,7-8H2,1-3H3. The zero-order valence-corrected chi connectivity index (χ0v) is 11.5. The van der Waals surface area contributed by atoms with Gasteiger partial charge in [0.1, 0.15) is 5.82 Å². The fraction of sp³-hybridized carbons (Fsp3) is 0.571. The molecule has 3 heteroatoms. The molecule has 1 nitrogen and oxygen atoms in total. The van der Waals surface area contributed by atoms with Crippen molar-refractivity contribution in [3.8, 4) is 0 Å². The number of rotatable bonds is 6. The smallest absolute Gasteiger partial charge is 0.124 e. The molecule has 1 aromatic carbocycles. The predicted octanol–water partition coefficient (Wildman–Crippen LogP) is 4.05. The quantitative estimate of drug-likeness (QED) is 0.811. The van der Waals surface area contributed by atoms with Gasteiger partial charge in [0.05, 0.1) is 0 Å². The Kier molecular flexibility index (Phi) is 5.93. The molecule has 17 heavy (non-hydrogen) atoms. The van der Waals surface area contributed by atoms with E-state index in [1.165, 1.54) is 12.1 Å². The van der Waals surface area contributed by atoms with Crippen LogP contribution in [0.3, 0.4) is 0 Å². The molecule has 0 fully saturated rings. The van der Waals surface area contributed by atoms with Crippen LogP contribution in [0.15, 0.2) is 18.2 Å². The minimum Gasteiger partial charge on any atom is -0.315 e. The normalized spacial score (nSPS) is 14.6. The third-order valence-corrected chi connectivity index (χ3v) is 3.24. The van der Waals surface area contributed by atoms with Crippen LogP contribution in [-0.4, -0.2) is 12.6 Å². The first-order valence-electron chi connectivity index (χ1n) is 6.20. The van der Waals surface area contributed by atoms with Gasteiger partial charge >= 0.3 is 0 Å². The van der Waals surface area contributed by atoms with Crippen molar-refractivity contribution in [1.29, 1.82) is 0 Å². The molecule has 0 aliphatic carbocycles. The van der Waals surface area contributed by atoms with Gasteiger partial charge in [0.25, 0.3) is 0 Å². The molecule has 0 bridgehead atoms. The van der Waals surface area contributed by atoms with Crippen molar-refractivity contribution in [2.45, 2.75) is 39.7 Å². The van der Waals surface area contributed by atoms with Gasteiger partial charge in [-0.05, 0) is 49.9 Å². The molecule has 2 atom stereocenters. The number of halogens is 2. The molecule has 1 aromatic rings. The van der Waals surface area contributed by atoms with Gasteiger partial charge in [0, 0.05) is 11.1 Å². The summed E-state index contributed by atoms with van der Waals surface area (Å²) in [5.41, 5.74) is 1.03. The highest BCUT2D eigenvalue weighted by Crippen LogP contribution is 2.22. The maximum atomic E-state index is 12.9. The molecule has 1 N–H and O–H groups in total. The molecule has 0 aliphatic heterocycles. The largest absolute Gasteiger partial charge is 0.315 e. The Balaban J connectivity index is 2.52. The highest BCUT2D eigenvalue weighted by atomic mass is 35.5. The average Bonchev–Trinajstić information content (AvgIpc) is 2.22. The van der Waals surface area contributed by atoms with Gasteiger partial charge in [-0.15, -0.1) is 0 Å². The predicted molar refractivity (Wildman–Crippen MR) is 72.0 cm³/mol. The Bertz CT molecular complexity index is 354. The molecule has 0 radical (unpaired) electrons. The van der Waals surface area contributed by atoms with E-state index in [-0.39, 0.29) is 5.82 Å². The lowest BCUT2D eigenvalue weighted by atomic mass is 9.95. The highest BCUT2D eigenvalue weighted by Gasteiger charge is 2.11. The molecule has 0 heterocycles. The molecule has 0 aromatic heterocycles. The van der Waals surface area contributed by atoms with Crippen LogP contribution in [0.25, 0.3) is 0 Å². The fourth-order valence-corrected chi connectivity index (χ4v) is 2.43. The fourth-order valence-electron chi connectivity index (χ4n) is 2.18. The minimum absolute atomic E-state index is 0.271. The van der Waals surface area contributed by atoms with Crippen molar-refractivity contribution in [1.82, 2.24) is 5.32 Å². The Morgan fingerprint density at radius 1 is 1.35 bits per heavy atom. The van der Waals surface area contributed by atoms with E-state index in [0.717, 1.165) is 24.9 Å². The lowest BCUT2D eigenvalue weighted by Crippen LogP contribution is -2.27. The summed E-state index contributed by atoms with van der Waals surface area (Å²) < 4.78 is 12.9. The summed E-state index contributed by atoms with van der Waals surface area (Å²) in [6.07, 6.45) is 2.00. The molecule has 0 spiro atoms. The van der Waals surface area contributed by atoms with E-state index in [0.29, 0.717) is 17.0 Å². The second-order valence-electron chi connectivity index (χ2n) is 4.74. The molecule has 0 aliphatic rings. The summed E-state index contributed by atoms with van der Waals surface area (Å²) in [6.45, 7) is 7.49. The van der Waals surface area contributed by atoms with Crippen molar-refractivity contribution < 1.29 is 4.39 Å². The van der Waals surface area contributed by atoms with Crippen LogP contribution >= 0.6 is 11.6 Å². The maximum absolute atomic E-state index is 12.9. The summed E-state index contributed by atoms with van der Waals surface area (Å²) in [6, 6.07) is 5.15. The van der Waals surface area contributed by atoms with E-state index < -0.39 is 0 Å². The van der Waals surface area contributed by atoms with Gasteiger partial charge < -0.3 is 5.32 Å². The van der Waals surface area contributed by atoms with Crippen LogP contribution in [-0.2, 0) is 6.42 Å². The summed E-state index contributed by atoms with van der Waals surface area (Å²) in [5.74, 6) is 0.263. The molecule has 0 amide bonds. The van der Waals surface area contributed by atoms with Gasteiger partial charge in [-0.3, -0.25) is 0 Å². The van der Waals surface area contributed by atoms with Crippen molar-refractivity contribution in [2.24, 2.45) is 5.92 Å². The second-order valence-corrected chi connectivity index (χ2v) is 5.15. The van der Waals surface area contributed by atoms with Crippen LogP contribution in [0.4, 0.5) is 4.39 Å². The Morgan fingerprint density at radius 3 is 2.65 bits per heavy atom. The zero-order chi connectivity index (χ0) is 12.8. The van der Waals surface area contributed by atoms with E-state index in [4.69, 9.17) is 11.6 Å². The van der Waals surface area contributed by atoms with Crippen molar-refractivity contribution in [2.75, 3.05) is 6.54 Å². The Labute approximate surface area is 108 Å². The van der Waals surface area contributed by atoms with Crippen LogP contribution < -0.4 is 5.32 Å². The molecule has 2 unspecified atom stereocenters. The first kappa shape index (κ1) is 14.5. The minimum atomic E-state index is -0.271. The van der Waals surface area contributed by atoms with E-state index in [1.54, 1.807) is 6.07 Å². The molecule has 1 rings (SSSR count). The first-order valence-corrected chi connectivity index (χ1v) is 6.58. The van der Waals surface area contributed by atoms with E-state index >= 15 is 0 Å². The first-order chi connectivity index (χ1) is 8.02. The number of nitrogens with one attached hydrogen (secondary N) is 1. The maximum Gasteiger partial charge on any atom is 0.124 e. The third kappa shape index (κ3) is 5.05. The summed E-state index contributed by atoms with van der Waals surface area (Å²) in [4.78, 5) is 0. The lowest BCUT2D eigenvalue weighted by molar-refractivity contribution is 0.426. The highest BCUT2D eigenvalue weighted by molar-refractivity contribution is 6.31. The Morgan fingerprint density at radius 2 is 2.06 bits per heavy atom. The third-order valence-electron chi connectivity index (χ3n) is 2.89. The van der Waals surface area contributed by atoms with Crippen LogP contribution in [0.1, 0.15) is 32.8 Å². The summed E-state index contributed by atoms with van der Waals surface area (Å²) in [5, 5.41) is 3.93. The van der Waals surface area contributed by atoms with Crippen molar-refractivity contribution in [3.63, 3.8) is 0 Å². The van der Waals surface area contributed by atoms with Crippen LogP contribution in [0.2, 0.25) is 5.02 Å². The molecule has 96 valence electrons. The molecular formula is C14H21ClFN. The van der Waals surface area contributed by atoms with Gasteiger partial charge in [-0.25, -0.2) is 4.39 Å². The molecule has 0 saturated heterocycles. The molecule has 0 saturated carbocycles. The summed E-state index contributed by atoms with van der Waals surface area (Å²) in [7, 11) is 0. The van der Waals surface area contributed by atoms with Gasteiger partial charge in [-0.1, -0.05) is 31.5 Å².